The van der Waals surface area contributed by atoms with Gasteiger partial charge >= 0.3 is 6.09 Å². The third-order valence-corrected chi connectivity index (χ3v) is 5.56. The van der Waals surface area contributed by atoms with Gasteiger partial charge in [-0.25, -0.2) is 4.79 Å². The molecule has 1 fully saturated rings. The number of thiophene rings is 1. The molecule has 0 aliphatic carbocycles. The molecular formula is C18H24N4O3S2. The number of ether oxygens (including phenoxy) is 1. The molecule has 0 bridgehead atoms. The van der Waals surface area contributed by atoms with Crippen molar-refractivity contribution in [2.24, 2.45) is 0 Å². The van der Waals surface area contributed by atoms with E-state index in [-0.39, 0.29) is 11.9 Å². The number of nitrogens with zero attached hydrogens (tertiary/aromatic N) is 2. The van der Waals surface area contributed by atoms with E-state index in [1.807, 2.05) is 31.5 Å². The van der Waals surface area contributed by atoms with Crippen LogP contribution in [0.25, 0.3) is 0 Å². The molecule has 1 saturated heterocycles. The molecule has 0 aromatic carbocycles. The van der Waals surface area contributed by atoms with Crippen LogP contribution in [0.2, 0.25) is 0 Å². The Balaban J connectivity index is 1.62. The Labute approximate surface area is 166 Å². The molecule has 0 saturated carbocycles. The summed E-state index contributed by atoms with van der Waals surface area (Å²) in [5.74, 6) is -0.141. The third-order valence-electron chi connectivity index (χ3n) is 4.01. The van der Waals surface area contributed by atoms with Gasteiger partial charge in [-0.1, -0.05) is 0 Å². The summed E-state index contributed by atoms with van der Waals surface area (Å²) < 4.78 is 9.59. The normalized spacial score (nSPS) is 17.4. The molecule has 0 unspecified atom stereocenters. The molecule has 146 valence electrons. The first-order valence-corrected chi connectivity index (χ1v) is 10.6. The number of hydrogen-bond acceptors (Lipinski definition) is 7. The predicted octanol–water partition coefficient (Wildman–Crippen LogP) is 3.95. The van der Waals surface area contributed by atoms with E-state index in [4.69, 9.17) is 4.74 Å². The summed E-state index contributed by atoms with van der Waals surface area (Å²) in [6.45, 7) is 7.05. The van der Waals surface area contributed by atoms with Gasteiger partial charge in [-0.3, -0.25) is 4.79 Å². The first-order valence-electron chi connectivity index (χ1n) is 8.84. The van der Waals surface area contributed by atoms with Crippen LogP contribution in [0.5, 0.6) is 0 Å². The number of piperidine rings is 1. The van der Waals surface area contributed by atoms with Crippen molar-refractivity contribution in [3.05, 3.63) is 28.6 Å². The van der Waals surface area contributed by atoms with Gasteiger partial charge in [0.05, 0.1) is 17.4 Å². The Morgan fingerprint density at radius 1 is 1.37 bits per heavy atom. The Hall–Kier alpha value is -2.13. The maximum absolute atomic E-state index is 12.3. The van der Waals surface area contributed by atoms with Crippen LogP contribution in [0.3, 0.4) is 0 Å². The molecule has 3 heterocycles. The number of anilines is 2. The zero-order valence-corrected chi connectivity index (χ0v) is 17.3. The molecule has 9 heteroatoms. The third kappa shape index (κ3) is 5.43. The smallest absolute Gasteiger partial charge is 0.407 e. The lowest BCUT2D eigenvalue weighted by Crippen LogP contribution is -2.49. The van der Waals surface area contributed by atoms with Crippen LogP contribution in [-0.2, 0) is 4.74 Å². The van der Waals surface area contributed by atoms with Crippen molar-refractivity contribution in [3.63, 3.8) is 0 Å². The van der Waals surface area contributed by atoms with E-state index in [2.05, 4.69) is 19.9 Å². The summed E-state index contributed by atoms with van der Waals surface area (Å²) >= 11 is 2.83. The standard InChI is InChI=1S/C18H24N4O3S2/c1-18(2,3)25-17(24)20-13-5-4-7-22(10-13)16-14(9-19-27-16)21-15(23)12-6-8-26-11-12/h6,8-9,11,13H,4-5,7,10H2,1-3H3,(H,20,24)(H,21,23)/t13-/m0/s1. The molecule has 27 heavy (non-hydrogen) atoms. The van der Waals surface area contributed by atoms with Gasteiger partial charge in [0.15, 0.2) is 0 Å². The fourth-order valence-corrected chi connectivity index (χ4v) is 4.27. The van der Waals surface area contributed by atoms with E-state index in [1.54, 1.807) is 12.3 Å². The zero-order valence-electron chi connectivity index (χ0n) is 15.7. The molecule has 0 spiro atoms. The molecule has 0 radical (unpaired) electrons. The minimum Gasteiger partial charge on any atom is -0.444 e. The molecule has 1 atom stereocenters. The van der Waals surface area contributed by atoms with Gasteiger partial charge in [0.25, 0.3) is 5.91 Å². The molecule has 1 aliphatic rings. The van der Waals surface area contributed by atoms with Crippen LogP contribution in [-0.4, -0.2) is 41.1 Å². The highest BCUT2D eigenvalue weighted by molar-refractivity contribution is 7.11. The average molecular weight is 409 g/mol. The fraction of sp³-hybridized carbons (Fsp3) is 0.500. The van der Waals surface area contributed by atoms with E-state index in [1.165, 1.54) is 22.9 Å². The van der Waals surface area contributed by atoms with Gasteiger partial charge in [0.2, 0.25) is 0 Å². The number of hydrogen-bond donors (Lipinski definition) is 2. The highest BCUT2D eigenvalue weighted by atomic mass is 32.1. The minimum atomic E-state index is -0.519. The van der Waals surface area contributed by atoms with Crippen molar-refractivity contribution < 1.29 is 14.3 Å². The van der Waals surface area contributed by atoms with E-state index < -0.39 is 11.7 Å². The molecule has 3 rings (SSSR count). The molecule has 2 aromatic heterocycles. The second kappa shape index (κ2) is 8.26. The molecule has 7 nitrogen and oxygen atoms in total. The van der Waals surface area contributed by atoms with Gasteiger partial charge in [0.1, 0.15) is 10.6 Å². The summed E-state index contributed by atoms with van der Waals surface area (Å²) in [5.41, 5.74) is 0.823. The Morgan fingerprint density at radius 2 is 2.19 bits per heavy atom. The second-order valence-corrected chi connectivity index (χ2v) is 9.00. The summed E-state index contributed by atoms with van der Waals surface area (Å²) in [7, 11) is 0. The van der Waals surface area contributed by atoms with Gasteiger partial charge in [-0.2, -0.15) is 15.7 Å². The summed E-state index contributed by atoms with van der Waals surface area (Å²) in [6, 6.07) is 1.79. The van der Waals surface area contributed by atoms with Gasteiger partial charge in [0, 0.05) is 24.5 Å². The lowest BCUT2D eigenvalue weighted by Gasteiger charge is -2.34. The van der Waals surface area contributed by atoms with Crippen LogP contribution >= 0.6 is 22.9 Å². The van der Waals surface area contributed by atoms with Crippen molar-refractivity contribution in [1.82, 2.24) is 9.69 Å². The highest BCUT2D eigenvalue weighted by Crippen LogP contribution is 2.32. The molecule has 2 amide bonds. The first kappa shape index (κ1) is 19.6. The minimum absolute atomic E-state index is 0.00359. The molecular weight excluding hydrogens is 384 g/mol. The Bertz CT molecular complexity index is 783. The van der Waals surface area contributed by atoms with Gasteiger partial charge < -0.3 is 20.3 Å². The van der Waals surface area contributed by atoms with Crippen molar-refractivity contribution >= 4 is 45.6 Å². The Kier molecular flexibility index (Phi) is 6.01. The van der Waals surface area contributed by atoms with Crippen molar-refractivity contribution in [1.29, 1.82) is 0 Å². The maximum Gasteiger partial charge on any atom is 0.407 e. The van der Waals surface area contributed by atoms with E-state index in [0.717, 1.165) is 24.4 Å². The van der Waals surface area contributed by atoms with Crippen molar-refractivity contribution in [3.8, 4) is 0 Å². The highest BCUT2D eigenvalue weighted by Gasteiger charge is 2.26. The van der Waals surface area contributed by atoms with Crippen LogP contribution in [0.15, 0.2) is 23.0 Å². The number of rotatable bonds is 4. The fourth-order valence-electron chi connectivity index (χ4n) is 2.89. The first-order chi connectivity index (χ1) is 12.8. The summed E-state index contributed by atoms with van der Waals surface area (Å²) in [4.78, 5) is 26.5. The molecule has 1 aliphatic heterocycles. The van der Waals surface area contributed by atoms with Gasteiger partial charge in [-0.05, 0) is 56.6 Å². The lowest BCUT2D eigenvalue weighted by atomic mass is 10.1. The number of carbonyl (C=O) groups is 2. The Morgan fingerprint density at radius 3 is 2.89 bits per heavy atom. The largest absolute Gasteiger partial charge is 0.444 e. The van der Waals surface area contributed by atoms with Crippen LogP contribution in [0.4, 0.5) is 15.5 Å². The number of carbonyl (C=O) groups excluding carboxylic acids is 2. The monoisotopic (exact) mass is 408 g/mol. The number of amides is 2. The summed E-state index contributed by atoms with van der Waals surface area (Å²) in [6.07, 6.45) is 3.11. The zero-order chi connectivity index (χ0) is 19.4. The molecule has 2 N–H and O–H groups in total. The predicted molar refractivity (Wildman–Crippen MR) is 109 cm³/mol. The number of aromatic nitrogens is 1. The SMILES string of the molecule is CC(C)(C)OC(=O)N[C@H]1CCCN(c2sncc2NC(=O)c2ccsc2)C1. The van der Waals surface area contributed by atoms with Crippen LogP contribution in [0.1, 0.15) is 44.0 Å². The quantitative estimate of drug-likeness (QED) is 0.800. The van der Waals surface area contributed by atoms with Gasteiger partial charge in [-0.15, -0.1) is 0 Å². The molecule has 2 aromatic rings. The summed E-state index contributed by atoms with van der Waals surface area (Å²) in [5, 5.41) is 10.5. The topological polar surface area (TPSA) is 83.6 Å². The van der Waals surface area contributed by atoms with E-state index in [0.29, 0.717) is 17.8 Å². The van der Waals surface area contributed by atoms with Crippen LogP contribution in [0, 0.1) is 0 Å². The number of nitrogens with one attached hydrogen (secondary N) is 2. The van der Waals surface area contributed by atoms with E-state index in [9.17, 15) is 9.59 Å². The number of alkyl carbamates (subject to hydrolysis) is 1. The van der Waals surface area contributed by atoms with E-state index >= 15 is 0 Å². The second-order valence-electron chi connectivity index (χ2n) is 7.44. The van der Waals surface area contributed by atoms with Crippen molar-refractivity contribution in [2.45, 2.75) is 45.3 Å². The van der Waals surface area contributed by atoms with Crippen LogP contribution < -0.4 is 15.5 Å². The van der Waals surface area contributed by atoms with Crippen molar-refractivity contribution in [2.75, 3.05) is 23.3 Å². The maximum atomic E-state index is 12.3. The average Bonchev–Trinajstić information content (AvgIpc) is 3.25. The lowest BCUT2D eigenvalue weighted by molar-refractivity contribution is 0.0500.